The van der Waals surface area contributed by atoms with Gasteiger partial charge in [0.05, 0.1) is 5.69 Å². The van der Waals surface area contributed by atoms with Crippen molar-refractivity contribution in [2.45, 2.75) is 26.9 Å². The molecule has 3 aromatic rings. The first-order chi connectivity index (χ1) is 11.0. The first-order valence-electron chi connectivity index (χ1n) is 7.61. The molecule has 0 unspecified atom stereocenters. The van der Waals surface area contributed by atoms with E-state index >= 15 is 0 Å². The monoisotopic (exact) mass is 331 g/mol. The molecule has 0 bridgehead atoms. The molecular weight excluding hydrogens is 312 g/mol. The van der Waals surface area contributed by atoms with Gasteiger partial charge in [-0.3, -0.25) is 0 Å². The Kier molecular flexibility index (Phi) is 4.28. The smallest absolute Gasteiger partial charge is 0.336 e. The summed E-state index contributed by atoms with van der Waals surface area (Å²) in [5.41, 5.74) is 4.62. The molecule has 1 aromatic carbocycles. The lowest BCUT2D eigenvalue weighted by Gasteiger charge is -2.08. The van der Waals surface area contributed by atoms with Gasteiger partial charge in [-0.05, 0) is 43.7 Å². The maximum atomic E-state index is 11.8. The molecule has 120 valence electrons. The molecule has 0 aliphatic heterocycles. The Hall–Kier alpha value is -2.04. The van der Waals surface area contributed by atoms with Crippen molar-refractivity contribution in [2.24, 2.45) is 7.05 Å². The summed E-state index contributed by atoms with van der Waals surface area (Å²) in [6.07, 6.45) is 0. The standard InChI is InChI=1S/C18H19ClN2O2/c1-11-6-17-15(8-16(11)19)13(7-18(22)23-17)9-20-10-14-5-4-12(2)21(14)3/h4-8,20H,9-10H2,1-3H3/p+1. The summed E-state index contributed by atoms with van der Waals surface area (Å²) >= 11 is 6.22. The van der Waals surface area contributed by atoms with Crippen LogP contribution in [0.15, 0.2) is 39.5 Å². The number of rotatable bonds is 4. The van der Waals surface area contributed by atoms with Crippen LogP contribution in [0.5, 0.6) is 0 Å². The molecule has 2 aromatic heterocycles. The fourth-order valence-corrected chi connectivity index (χ4v) is 2.93. The van der Waals surface area contributed by atoms with Crippen molar-refractivity contribution >= 4 is 22.6 Å². The molecule has 0 saturated carbocycles. The molecule has 0 fully saturated rings. The maximum Gasteiger partial charge on any atom is 0.336 e. The van der Waals surface area contributed by atoms with Gasteiger partial charge >= 0.3 is 5.63 Å². The van der Waals surface area contributed by atoms with Crippen LogP contribution in [-0.4, -0.2) is 4.57 Å². The van der Waals surface area contributed by atoms with Crippen LogP contribution in [-0.2, 0) is 20.1 Å². The van der Waals surface area contributed by atoms with Crippen molar-refractivity contribution < 1.29 is 9.73 Å². The van der Waals surface area contributed by atoms with Crippen molar-refractivity contribution in [3.8, 4) is 0 Å². The number of halogens is 1. The quantitative estimate of drug-likeness (QED) is 0.747. The van der Waals surface area contributed by atoms with Gasteiger partial charge < -0.3 is 14.3 Å². The van der Waals surface area contributed by atoms with Crippen molar-refractivity contribution in [2.75, 3.05) is 0 Å². The fraction of sp³-hybridized carbons (Fsp3) is 0.278. The summed E-state index contributed by atoms with van der Waals surface area (Å²) in [5, 5.41) is 3.77. The molecule has 0 saturated heterocycles. The molecule has 3 rings (SSSR count). The average molecular weight is 332 g/mol. The van der Waals surface area contributed by atoms with E-state index in [1.165, 1.54) is 11.4 Å². The zero-order chi connectivity index (χ0) is 16.6. The van der Waals surface area contributed by atoms with Gasteiger partial charge in [-0.1, -0.05) is 11.6 Å². The van der Waals surface area contributed by atoms with Crippen LogP contribution >= 0.6 is 11.6 Å². The number of nitrogens with two attached hydrogens (primary N) is 1. The summed E-state index contributed by atoms with van der Waals surface area (Å²) in [4.78, 5) is 11.8. The van der Waals surface area contributed by atoms with Crippen molar-refractivity contribution in [3.63, 3.8) is 0 Å². The third kappa shape index (κ3) is 3.19. The number of aryl methyl sites for hydroxylation is 2. The first-order valence-corrected chi connectivity index (χ1v) is 7.99. The van der Waals surface area contributed by atoms with Gasteiger partial charge in [0.15, 0.2) is 0 Å². The van der Waals surface area contributed by atoms with E-state index in [2.05, 4.69) is 36.0 Å². The number of hydrogen-bond acceptors (Lipinski definition) is 2. The number of fused-ring (bicyclic) bond motifs is 1. The van der Waals surface area contributed by atoms with Gasteiger partial charge in [0, 0.05) is 34.8 Å². The summed E-state index contributed by atoms with van der Waals surface area (Å²) in [7, 11) is 2.06. The number of hydrogen-bond donors (Lipinski definition) is 1. The Morgan fingerprint density at radius 2 is 1.96 bits per heavy atom. The first kappa shape index (κ1) is 15.8. The number of nitrogens with zero attached hydrogens (tertiary/aromatic N) is 1. The molecular formula is C18H20ClN2O2+. The van der Waals surface area contributed by atoms with E-state index in [9.17, 15) is 4.79 Å². The van der Waals surface area contributed by atoms with E-state index in [1.54, 1.807) is 6.07 Å². The number of benzene rings is 1. The Labute approximate surface area is 139 Å². The molecule has 0 aliphatic rings. The lowest BCUT2D eigenvalue weighted by Crippen LogP contribution is -2.81. The Balaban J connectivity index is 1.86. The Morgan fingerprint density at radius 3 is 2.65 bits per heavy atom. The molecule has 2 heterocycles. The minimum absolute atomic E-state index is 0.322. The Morgan fingerprint density at radius 1 is 1.17 bits per heavy atom. The Bertz CT molecular complexity index is 925. The van der Waals surface area contributed by atoms with Gasteiger partial charge in [-0.2, -0.15) is 0 Å². The zero-order valence-electron chi connectivity index (χ0n) is 13.5. The van der Waals surface area contributed by atoms with Crippen molar-refractivity contribution in [3.05, 3.63) is 68.3 Å². The molecule has 0 atom stereocenters. The van der Waals surface area contributed by atoms with Crippen LogP contribution in [0.25, 0.3) is 11.0 Å². The van der Waals surface area contributed by atoms with Crippen LogP contribution in [0.3, 0.4) is 0 Å². The van der Waals surface area contributed by atoms with Crippen molar-refractivity contribution in [1.29, 1.82) is 0 Å². The van der Waals surface area contributed by atoms with Gasteiger partial charge in [0.25, 0.3) is 0 Å². The highest BCUT2D eigenvalue weighted by atomic mass is 35.5. The SMILES string of the molecule is Cc1cc2oc(=O)cc(C[NH2+]Cc3ccc(C)n3C)c2cc1Cl. The van der Waals surface area contributed by atoms with Gasteiger partial charge in [-0.15, -0.1) is 0 Å². The number of aromatic nitrogens is 1. The van der Waals surface area contributed by atoms with Crippen LogP contribution in [0.2, 0.25) is 5.02 Å². The predicted molar refractivity (Wildman–Crippen MR) is 91.7 cm³/mol. The molecule has 0 radical (unpaired) electrons. The van der Waals surface area contributed by atoms with Gasteiger partial charge in [0.2, 0.25) is 0 Å². The molecule has 5 heteroatoms. The highest BCUT2D eigenvalue weighted by Crippen LogP contribution is 2.24. The molecule has 0 spiro atoms. The van der Waals surface area contributed by atoms with Crippen molar-refractivity contribution in [1.82, 2.24) is 4.57 Å². The minimum Gasteiger partial charge on any atom is -0.423 e. The lowest BCUT2D eigenvalue weighted by molar-refractivity contribution is -0.686. The predicted octanol–water partition coefficient (Wildman–Crippen LogP) is 2.67. The second-order valence-corrected chi connectivity index (χ2v) is 6.32. The highest BCUT2D eigenvalue weighted by molar-refractivity contribution is 6.32. The van der Waals surface area contributed by atoms with Crippen LogP contribution in [0.4, 0.5) is 0 Å². The second kappa shape index (κ2) is 6.22. The lowest BCUT2D eigenvalue weighted by atomic mass is 10.1. The normalized spacial score (nSPS) is 11.3. The maximum absolute atomic E-state index is 11.8. The average Bonchev–Trinajstić information content (AvgIpc) is 2.81. The van der Waals surface area contributed by atoms with E-state index in [-0.39, 0.29) is 5.63 Å². The fourth-order valence-electron chi connectivity index (χ4n) is 2.76. The van der Waals surface area contributed by atoms with E-state index in [1.807, 2.05) is 19.1 Å². The van der Waals surface area contributed by atoms with E-state index in [0.29, 0.717) is 17.2 Å². The topological polar surface area (TPSA) is 51.8 Å². The third-order valence-corrected chi connectivity index (χ3v) is 4.71. The molecule has 2 N–H and O–H groups in total. The van der Waals surface area contributed by atoms with E-state index in [0.717, 1.165) is 23.1 Å². The molecule has 4 nitrogen and oxygen atoms in total. The van der Waals surface area contributed by atoms with Crippen LogP contribution in [0.1, 0.15) is 22.5 Å². The second-order valence-electron chi connectivity index (χ2n) is 5.91. The van der Waals surface area contributed by atoms with Crippen LogP contribution < -0.4 is 10.9 Å². The zero-order valence-corrected chi connectivity index (χ0v) is 14.3. The summed E-state index contributed by atoms with van der Waals surface area (Å²) in [5.74, 6) is 0. The molecule has 0 amide bonds. The van der Waals surface area contributed by atoms with Crippen LogP contribution in [0, 0.1) is 13.8 Å². The third-order valence-electron chi connectivity index (χ3n) is 4.30. The van der Waals surface area contributed by atoms with Gasteiger partial charge in [0.1, 0.15) is 18.7 Å². The van der Waals surface area contributed by atoms with E-state index < -0.39 is 0 Å². The van der Waals surface area contributed by atoms with Gasteiger partial charge in [-0.25, -0.2) is 4.79 Å². The molecule has 0 aliphatic carbocycles. The summed E-state index contributed by atoms with van der Waals surface area (Å²) in [6, 6.07) is 9.50. The highest BCUT2D eigenvalue weighted by Gasteiger charge is 2.10. The summed E-state index contributed by atoms with van der Waals surface area (Å²) in [6.45, 7) is 5.54. The van der Waals surface area contributed by atoms with E-state index in [4.69, 9.17) is 16.0 Å². The molecule has 23 heavy (non-hydrogen) atoms. The summed E-state index contributed by atoms with van der Waals surface area (Å²) < 4.78 is 7.47. The number of quaternary nitrogens is 1. The minimum atomic E-state index is -0.322. The largest absolute Gasteiger partial charge is 0.423 e.